The van der Waals surface area contributed by atoms with Crippen molar-refractivity contribution >= 4 is 17.4 Å². The normalized spacial score (nSPS) is 18.0. The highest BCUT2D eigenvalue weighted by Crippen LogP contribution is 2.41. The molecule has 30 heavy (non-hydrogen) atoms. The standard InChI is InChI=1S/C23H19NO6/c1-29-17-8-3-6-15(12-17)21(26)19-20(14-5-2-7-16(25)11-14)24(23(28)22(19)27)13-18-9-4-10-30-18/h2-12,20,25-26H,13H2,1H3/b21-19-. The smallest absolute Gasteiger partial charge is 0.296 e. The van der Waals surface area contributed by atoms with Gasteiger partial charge in [0, 0.05) is 5.56 Å². The molecule has 2 heterocycles. The topological polar surface area (TPSA) is 100 Å². The summed E-state index contributed by atoms with van der Waals surface area (Å²) in [5.74, 6) is -0.916. The number of nitrogens with zero attached hydrogens (tertiary/aromatic N) is 1. The van der Waals surface area contributed by atoms with Crippen LogP contribution in [0.5, 0.6) is 11.5 Å². The summed E-state index contributed by atoms with van der Waals surface area (Å²) in [7, 11) is 1.49. The summed E-state index contributed by atoms with van der Waals surface area (Å²) in [6.45, 7) is 0.0345. The van der Waals surface area contributed by atoms with Crippen molar-refractivity contribution < 1.29 is 29.0 Å². The number of hydrogen-bond acceptors (Lipinski definition) is 6. The summed E-state index contributed by atoms with van der Waals surface area (Å²) in [6, 6.07) is 15.3. The number of methoxy groups -OCH3 is 1. The summed E-state index contributed by atoms with van der Waals surface area (Å²) in [5, 5.41) is 21.0. The van der Waals surface area contributed by atoms with Crippen LogP contribution in [0, 0.1) is 0 Å². The Hall–Kier alpha value is -4.00. The van der Waals surface area contributed by atoms with Crippen LogP contribution in [0.15, 0.2) is 76.9 Å². The van der Waals surface area contributed by atoms with Crippen LogP contribution in [0.4, 0.5) is 0 Å². The molecule has 1 aliphatic heterocycles. The molecule has 1 aliphatic rings. The van der Waals surface area contributed by atoms with E-state index in [4.69, 9.17) is 9.15 Å². The Bertz CT molecular complexity index is 1130. The zero-order chi connectivity index (χ0) is 21.3. The van der Waals surface area contributed by atoms with Crippen molar-refractivity contribution in [2.75, 3.05) is 7.11 Å². The molecule has 4 rings (SSSR count). The average molecular weight is 405 g/mol. The maximum atomic E-state index is 12.9. The van der Waals surface area contributed by atoms with Gasteiger partial charge in [-0.2, -0.15) is 0 Å². The lowest BCUT2D eigenvalue weighted by molar-refractivity contribution is -0.140. The van der Waals surface area contributed by atoms with Gasteiger partial charge in [-0.1, -0.05) is 24.3 Å². The molecule has 1 unspecified atom stereocenters. The van der Waals surface area contributed by atoms with Gasteiger partial charge < -0.3 is 24.3 Å². The highest BCUT2D eigenvalue weighted by molar-refractivity contribution is 6.46. The van der Waals surface area contributed by atoms with Crippen LogP contribution in [0.1, 0.15) is 22.9 Å². The van der Waals surface area contributed by atoms with Crippen LogP contribution in [-0.2, 0) is 16.1 Å². The maximum Gasteiger partial charge on any atom is 0.296 e. The predicted octanol–water partition coefficient (Wildman–Crippen LogP) is 3.62. The molecule has 7 nitrogen and oxygen atoms in total. The van der Waals surface area contributed by atoms with E-state index in [0.717, 1.165) is 0 Å². The summed E-state index contributed by atoms with van der Waals surface area (Å²) in [6.07, 6.45) is 1.48. The van der Waals surface area contributed by atoms with Gasteiger partial charge in [0.25, 0.3) is 11.7 Å². The predicted molar refractivity (Wildman–Crippen MR) is 108 cm³/mol. The van der Waals surface area contributed by atoms with E-state index in [1.165, 1.54) is 30.4 Å². The van der Waals surface area contributed by atoms with E-state index in [1.54, 1.807) is 48.5 Å². The number of Topliss-reactive ketones (excluding diaryl/α,β-unsaturated/α-hetero) is 1. The molecule has 2 N–H and O–H groups in total. The molecule has 1 amide bonds. The van der Waals surface area contributed by atoms with Gasteiger partial charge in [-0.05, 0) is 42.0 Å². The number of phenolic OH excluding ortho intramolecular Hbond substituents is 1. The molecule has 1 fully saturated rings. The molecule has 1 aromatic heterocycles. The second-order valence-electron chi connectivity index (χ2n) is 6.83. The Morgan fingerprint density at radius 2 is 1.90 bits per heavy atom. The quantitative estimate of drug-likeness (QED) is 0.382. The van der Waals surface area contributed by atoms with Gasteiger partial charge in [-0.3, -0.25) is 9.59 Å². The van der Waals surface area contributed by atoms with Crippen molar-refractivity contribution in [3.63, 3.8) is 0 Å². The Labute approximate surface area is 172 Å². The number of phenols is 1. The number of rotatable bonds is 5. The molecule has 1 atom stereocenters. The summed E-state index contributed by atoms with van der Waals surface area (Å²) < 4.78 is 10.5. The van der Waals surface area contributed by atoms with Crippen molar-refractivity contribution in [2.24, 2.45) is 0 Å². The van der Waals surface area contributed by atoms with Crippen molar-refractivity contribution in [2.45, 2.75) is 12.6 Å². The summed E-state index contributed by atoms with van der Waals surface area (Å²) in [5.41, 5.74) is 0.770. The first-order valence-electron chi connectivity index (χ1n) is 9.23. The Balaban J connectivity index is 1.88. The third kappa shape index (κ3) is 3.41. The number of hydrogen-bond donors (Lipinski definition) is 2. The van der Waals surface area contributed by atoms with Crippen molar-refractivity contribution in [1.82, 2.24) is 4.90 Å². The van der Waals surface area contributed by atoms with Crippen molar-refractivity contribution in [3.8, 4) is 11.5 Å². The number of furan rings is 1. The number of carbonyl (C=O) groups is 2. The summed E-state index contributed by atoms with van der Waals surface area (Å²) in [4.78, 5) is 27.1. The zero-order valence-corrected chi connectivity index (χ0v) is 16.1. The number of carbonyl (C=O) groups excluding carboxylic acids is 2. The SMILES string of the molecule is COc1cccc(/C(O)=C2/C(=O)C(=O)N(Cc3ccco3)C2c2cccc(O)c2)c1. The van der Waals surface area contributed by atoms with Crippen LogP contribution in [0.25, 0.3) is 5.76 Å². The molecule has 1 saturated heterocycles. The Morgan fingerprint density at radius 3 is 2.60 bits per heavy atom. The third-order valence-electron chi connectivity index (χ3n) is 4.98. The first kappa shape index (κ1) is 19.3. The fourth-order valence-electron chi connectivity index (χ4n) is 3.58. The van der Waals surface area contributed by atoms with E-state index in [1.807, 2.05) is 0 Å². The lowest BCUT2D eigenvalue weighted by Crippen LogP contribution is -2.29. The number of likely N-dealkylation sites (tertiary alicyclic amines) is 1. The van der Waals surface area contributed by atoms with Gasteiger partial charge in [-0.15, -0.1) is 0 Å². The van der Waals surface area contributed by atoms with E-state index < -0.39 is 17.7 Å². The minimum absolute atomic E-state index is 0.0162. The van der Waals surface area contributed by atoms with Crippen LogP contribution < -0.4 is 4.74 Å². The number of aromatic hydroxyl groups is 1. The number of benzene rings is 2. The molecule has 3 aromatic rings. The van der Waals surface area contributed by atoms with Gasteiger partial charge in [0.2, 0.25) is 0 Å². The van der Waals surface area contributed by atoms with Crippen LogP contribution in [-0.4, -0.2) is 33.9 Å². The Kier molecular flexibility index (Phi) is 5.02. The molecule has 2 aromatic carbocycles. The monoisotopic (exact) mass is 405 g/mol. The average Bonchev–Trinajstić information content (AvgIpc) is 3.35. The number of aliphatic hydroxyl groups is 1. The maximum absolute atomic E-state index is 12.9. The van der Waals surface area contributed by atoms with Crippen LogP contribution >= 0.6 is 0 Å². The minimum Gasteiger partial charge on any atom is -0.508 e. The van der Waals surface area contributed by atoms with Crippen LogP contribution in [0.3, 0.4) is 0 Å². The number of ketones is 1. The molecular weight excluding hydrogens is 386 g/mol. The molecule has 0 spiro atoms. The zero-order valence-electron chi connectivity index (χ0n) is 16.1. The first-order chi connectivity index (χ1) is 14.5. The fourth-order valence-corrected chi connectivity index (χ4v) is 3.58. The highest BCUT2D eigenvalue weighted by atomic mass is 16.5. The number of aliphatic hydroxyl groups excluding tert-OH is 1. The van der Waals surface area contributed by atoms with Gasteiger partial charge in [0.1, 0.15) is 23.0 Å². The molecule has 0 saturated carbocycles. The lowest BCUT2D eigenvalue weighted by Gasteiger charge is -2.24. The van der Waals surface area contributed by atoms with E-state index in [-0.39, 0.29) is 23.6 Å². The second-order valence-corrected chi connectivity index (χ2v) is 6.83. The lowest BCUT2D eigenvalue weighted by atomic mass is 9.95. The molecule has 0 aliphatic carbocycles. The van der Waals surface area contributed by atoms with Gasteiger partial charge in [-0.25, -0.2) is 0 Å². The molecule has 7 heteroatoms. The minimum atomic E-state index is -0.895. The molecule has 0 bridgehead atoms. The van der Waals surface area contributed by atoms with Gasteiger partial charge >= 0.3 is 0 Å². The largest absolute Gasteiger partial charge is 0.508 e. The fraction of sp³-hybridized carbons (Fsp3) is 0.130. The highest BCUT2D eigenvalue weighted by Gasteiger charge is 2.46. The second kappa shape index (κ2) is 7.79. The Morgan fingerprint density at radius 1 is 1.10 bits per heavy atom. The molecular formula is C23H19NO6. The van der Waals surface area contributed by atoms with Crippen LogP contribution in [0.2, 0.25) is 0 Å². The van der Waals surface area contributed by atoms with E-state index in [9.17, 15) is 19.8 Å². The van der Waals surface area contributed by atoms with Crippen molar-refractivity contribution in [3.05, 3.63) is 89.4 Å². The summed E-state index contributed by atoms with van der Waals surface area (Å²) >= 11 is 0. The van der Waals surface area contributed by atoms with E-state index >= 15 is 0 Å². The molecule has 0 radical (unpaired) electrons. The number of ether oxygens (including phenoxy) is 1. The third-order valence-corrected chi connectivity index (χ3v) is 4.98. The van der Waals surface area contributed by atoms with E-state index in [0.29, 0.717) is 22.6 Å². The van der Waals surface area contributed by atoms with Gasteiger partial charge in [0.05, 0.1) is 31.5 Å². The first-order valence-corrected chi connectivity index (χ1v) is 9.23. The van der Waals surface area contributed by atoms with Crippen molar-refractivity contribution in [1.29, 1.82) is 0 Å². The van der Waals surface area contributed by atoms with E-state index in [2.05, 4.69) is 0 Å². The molecule has 152 valence electrons. The number of amides is 1. The van der Waals surface area contributed by atoms with Gasteiger partial charge in [0.15, 0.2) is 0 Å².